The van der Waals surface area contributed by atoms with Gasteiger partial charge in [-0.15, -0.1) is 0 Å². The second kappa shape index (κ2) is 9.27. The van der Waals surface area contributed by atoms with Crippen LogP contribution in [-0.2, 0) is 15.3 Å². The molecule has 0 amide bonds. The maximum atomic E-state index is 11.6. The number of carbonyl (C=O) groups is 1. The average Bonchev–Trinajstić information content (AvgIpc) is 2.43. The molecule has 0 spiro atoms. The molecular weight excluding hydrogens is 294 g/mol. The van der Waals surface area contributed by atoms with Crippen LogP contribution in [0.2, 0.25) is 5.02 Å². The molecule has 3 nitrogen and oxygen atoms in total. The maximum Gasteiger partial charge on any atom is 0.322 e. The van der Waals surface area contributed by atoms with E-state index in [0.29, 0.717) is 0 Å². The topological polar surface area (TPSA) is 38.3 Å². The maximum absolute atomic E-state index is 11.6. The summed E-state index contributed by atoms with van der Waals surface area (Å²) in [6, 6.07) is 7.89. The molecule has 1 aromatic carbocycles. The Labute approximate surface area is 130 Å². The quantitative estimate of drug-likeness (QED) is 0.588. The van der Waals surface area contributed by atoms with Crippen LogP contribution in [0.25, 0.3) is 0 Å². The minimum absolute atomic E-state index is 0.189. The van der Waals surface area contributed by atoms with Crippen LogP contribution in [0.3, 0.4) is 0 Å². The molecule has 0 saturated heterocycles. The van der Waals surface area contributed by atoms with Crippen molar-refractivity contribution in [1.29, 1.82) is 0 Å². The molecule has 5 heteroatoms. The van der Waals surface area contributed by atoms with Gasteiger partial charge in [0.15, 0.2) is 0 Å². The predicted molar refractivity (Wildman–Crippen MR) is 86.3 cm³/mol. The van der Waals surface area contributed by atoms with Crippen molar-refractivity contribution >= 4 is 29.3 Å². The fourth-order valence-corrected chi connectivity index (χ4v) is 2.89. The van der Waals surface area contributed by atoms with Gasteiger partial charge in [-0.3, -0.25) is 4.79 Å². The van der Waals surface area contributed by atoms with Crippen molar-refractivity contribution in [2.24, 2.45) is 0 Å². The zero-order chi connectivity index (χ0) is 15.0. The molecule has 0 aliphatic rings. The third kappa shape index (κ3) is 6.64. The number of esters is 1. The third-order valence-corrected chi connectivity index (χ3v) is 4.07. The molecule has 1 unspecified atom stereocenters. The van der Waals surface area contributed by atoms with Gasteiger partial charge in [-0.1, -0.05) is 37.6 Å². The van der Waals surface area contributed by atoms with E-state index in [0.717, 1.165) is 22.9 Å². The first kappa shape index (κ1) is 17.3. The number of methoxy groups -OCH3 is 1. The lowest BCUT2D eigenvalue weighted by Gasteiger charge is -2.18. The Morgan fingerprint density at radius 1 is 1.35 bits per heavy atom. The third-order valence-electron chi connectivity index (χ3n) is 2.75. The van der Waals surface area contributed by atoms with Gasteiger partial charge in [0.1, 0.15) is 6.04 Å². The summed E-state index contributed by atoms with van der Waals surface area (Å²) in [5.74, 6) is 1.64. The minimum Gasteiger partial charge on any atom is -0.468 e. The summed E-state index contributed by atoms with van der Waals surface area (Å²) in [4.78, 5) is 11.6. The molecule has 0 aromatic heterocycles. The minimum atomic E-state index is -0.224. The number of hydrogen-bond acceptors (Lipinski definition) is 4. The van der Waals surface area contributed by atoms with E-state index in [1.807, 2.05) is 38.1 Å². The second-order valence-electron chi connectivity index (χ2n) is 4.86. The van der Waals surface area contributed by atoms with Crippen molar-refractivity contribution in [3.05, 3.63) is 34.9 Å². The van der Waals surface area contributed by atoms with Crippen molar-refractivity contribution in [2.75, 3.05) is 12.9 Å². The summed E-state index contributed by atoms with van der Waals surface area (Å²) < 4.78 is 4.82. The first-order valence-electron chi connectivity index (χ1n) is 6.69. The van der Waals surface area contributed by atoms with Crippen LogP contribution in [0.15, 0.2) is 24.3 Å². The van der Waals surface area contributed by atoms with Gasteiger partial charge < -0.3 is 10.1 Å². The smallest absolute Gasteiger partial charge is 0.322 e. The molecule has 20 heavy (non-hydrogen) atoms. The van der Waals surface area contributed by atoms with E-state index in [9.17, 15) is 4.79 Å². The van der Waals surface area contributed by atoms with Crippen LogP contribution in [-0.4, -0.2) is 30.9 Å². The van der Waals surface area contributed by atoms with Crippen LogP contribution >= 0.6 is 23.4 Å². The average molecular weight is 316 g/mol. The van der Waals surface area contributed by atoms with Crippen LogP contribution in [0.5, 0.6) is 0 Å². The highest BCUT2D eigenvalue weighted by molar-refractivity contribution is 7.98. The molecule has 1 atom stereocenters. The highest BCUT2D eigenvalue weighted by Gasteiger charge is 2.19. The molecule has 0 bridgehead atoms. The highest BCUT2D eigenvalue weighted by atomic mass is 35.5. The lowest BCUT2D eigenvalue weighted by atomic mass is 10.2. The molecule has 0 fully saturated rings. The molecule has 0 heterocycles. The first-order valence-corrected chi connectivity index (χ1v) is 8.22. The van der Waals surface area contributed by atoms with E-state index in [2.05, 4.69) is 5.32 Å². The SMILES string of the molecule is COC(=O)C(CCSCc1ccc(Cl)cc1)NC(C)C. The number of rotatable bonds is 8. The lowest BCUT2D eigenvalue weighted by Crippen LogP contribution is -2.41. The van der Waals surface area contributed by atoms with Gasteiger partial charge in [-0.05, 0) is 29.9 Å². The number of nitrogens with one attached hydrogen (secondary N) is 1. The first-order chi connectivity index (χ1) is 9.52. The van der Waals surface area contributed by atoms with E-state index in [-0.39, 0.29) is 18.1 Å². The Hall–Kier alpha value is -0.710. The molecule has 0 radical (unpaired) electrons. The monoisotopic (exact) mass is 315 g/mol. The van der Waals surface area contributed by atoms with Gasteiger partial charge in [-0.2, -0.15) is 11.8 Å². The summed E-state index contributed by atoms with van der Waals surface area (Å²) in [6.45, 7) is 4.05. The molecule has 0 aliphatic carbocycles. The van der Waals surface area contributed by atoms with E-state index < -0.39 is 0 Å². The molecular formula is C15H22ClNO2S. The Bertz CT molecular complexity index is 409. The standard InChI is InChI=1S/C15H22ClNO2S/c1-11(2)17-14(15(18)19-3)8-9-20-10-12-4-6-13(16)7-5-12/h4-7,11,14,17H,8-10H2,1-3H3. The summed E-state index contributed by atoms with van der Waals surface area (Å²) in [5.41, 5.74) is 1.24. The van der Waals surface area contributed by atoms with Crippen molar-refractivity contribution in [1.82, 2.24) is 5.32 Å². The second-order valence-corrected chi connectivity index (χ2v) is 6.41. The zero-order valence-corrected chi connectivity index (χ0v) is 13.8. The summed E-state index contributed by atoms with van der Waals surface area (Å²) in [6.07, 6.45) is 0.767. The largest absolute Gasteiger partial charge is 0.468 e. The van der Waals surface area contributed by atoms with E-state index in [1.54, 1.807) is 11.8 Å². The number of thioether (sulfide) groups is 1. The van der Waals surface area contributed by atoms with E-state index in [4.69, 9.17) is 16.3 Å². The van der Waals surface area contributed by atoms with Gasteiger partial charge in [0.05, 0.1) is 7.11 Å². The molecule has 1 N–H and O–H groups in total. The van der Waals surface area contributed by atoms with Crippen LogP contribution in [0.1, 0.15) is 25.8 Å². The van der Waals surface area contributed by atoms with Crippen molar-refractivity contribution in [2.45, 2.75) is 38.1 Å². The predicted octanol–water partition coefficient (Wildman–Crippen LogP) is 3.50. The number of halogens is 1. The Morgan fingerprint density at radius 3 is 2.55 bits per heavy atom. The Morgan fingerprint density at radius 2 is 2.00 bits per heavy atom. The number of hydrogen-bond donors (Lipinski definition) is 1. The van der Waals surface area contributed by atoms with Gasteiger partial charge in [-0.25, -0.2) is 0 Å². The fourth-order valence-electron chi connectivity index (χ4n) is 1.79. The Balaban J connectivity index is 2.33. The van der Waals surface area contributed by atoms with E-state index in [1.165, 1.54) is 12.7 Å². The molecule has 1 rings (SSSR count). The van der Waals surface area contributed by atoms with Crippen LogP contribution in [0, 0.1) is 0 Å². The van der Waals surface area contributed by atoms with Gasteiger partial charge in [0, 0.05) is 16.8 Å². The number of carbonyl (C=O) groups excluding carboxylic acids is 1. The van der Waals surface area contributed by atoms with Crippen LogP contribution in [0.4, 0.5) is 0 Å². The van der Waals surface area contributed by atoms with Gasteiger partial charge >= 0.3 is 5.97 Å². The molecule has 0 saturated carbocycles. The Kier molecular flexibility index (Phi) is 8.04. The zero-order valence-electron chi connectivity index (χ0n) is 12.2. The van der Waals surface area contributed by atoms with Gasteiger partial charge in [0.25, 0.3) is 0 Å². The fraction of sp³-hybridized carbons (Fsp3) is 0.533. The normalized spacial score (nSPS) is 12.4. The summed E-state index contributed by atoms with van der Waals surface area (Å²) in [7, 11) is 1.43. The lowest BCUT2D eigenvalue weighted by molar-refractivity contribution is -0.143. The highest BCUT2D eigenvalue weighted by Crippen LogP contribution is 2.16. The molecule has 1 aromatic rings. The van der Waals surface area contributed by atoms with Gasteiger partial charge in [0.2, 0.25) is 0 Å². The van der Waals surface area contributed by atoms with Crippen molar-refractivity contribution in [3.63, 3.8) is 0 Å². The van der Waals surface area contributed by atoms with Crippen molar-refractivity contribution < 1.29 is 9.53 Å². The number of benzene rings is 1. The molecule has 112 valence electrons. The number of ether oxygens (including phenoxy) is 1. The van der Waals surface area contributed by atoms with E-state index >= 15 is 0 Å². The van der Waals surface area contributed by atoms with Crippen LogP contribution < -0.4 is 5.32 Å². The summed E-state index contributed by atoms with van der Waals surface area (Å²) in [5, 5.41) is 3.99. The van der Waals surface area contributed by atoms with Crippen molar-refractivity contribution in [3.8, 4) is 0 Å². The summed E-state index contributed by atoms with van der Waals surface area (Å²) >= 11 is 7.65. The molecule has 0 aliphatic heterocycles.